The molecule has 0 N–H and O–H groups in total. The third kappa shape index (κ3) is 6.24. The van der Waals surface area contributed by atoms with E-state index in [4.69, 9.17) is 14.0 Å². The Balaban J connectivity index is 1.41. The van der Waals surface area contributed by atoms with Crippen LogP contribution in [0.15, 0.2) is 33.8 Å². The maximum atomic E-state index is 13.4. The SMILES string of the molecule is Cc1cc(CCCCCCCOc2ccc(C3=NCCO3)cc2C(F)(F)F)on1. The van der Waals surface area contributed by atoms with Crippen LogP contribution < -0.4 is 4.74 Å². The van der Waals surface area contributed by atoms with E-state index in [0.717, 1.165) is 49.6 Å². The molecule has 1 aliphatic rings. The van der Waals surface area contributed by atoms with Gasteiger partial charge in [-0.3, -0.25) is 0 Å². The van der Waals surface area contributed by atoms with Crippen molar-refractivity contribution in [1.82, 2.24) is 5.16 Å². The Morgan fingerprint density at radius 2 is 1.86 bits per heavy atom. The summed E-state index contributed by atoms with van der Waals surface area (Å²) in [5, 5.41) is 3.85. The number of benzene rings is 1. The minimum absolute atomic E-state index is 0.152. The number of alkyl halides is 3. The second-order valence-corrected chi connectivity index (χ2v) is 7.04. The third-order valence-electron chi connectivity index (χ3n) is 4.62. The Kier molecular flexibility index (Phi) is 7.17. The molecule has 3 rings (SSSR count). The van der Waals surface area contributed by atoms with Crippen LogP contribution in [0.1, 0.15) is 54.7 Å². The second kappa shape index (κ2) is 9.80. The first kappa shape index (κ1) is 21.2. The van der Waals surface area contributed by atoms with Crippen LogP contribution in [0.5, 0.6) is 5.75 Å². The number of aromatic nitrogens is 1. The molecule has 0 saturated carbocycles. The van der Waals surface area contributed by atoms with E-state index < -0.39 is 11.7 Å². The molecule has 1 aromatic carbocycles. The number of aryl methyl sites for hydroxylation is 2. The molecule has 5 nitrogen and oxygen atoms in total. The fraction of sp³-hybridized carbons (Fsp3) is 0.524. The summed E-state index contributed by atoms with van der Waals surface area (Å²) in [6.07, 6.45) is 0.997. The molecule has 0 fully saturated rings. The van der Waals surface area contributed by atoms with Gasteiger partial charge in [0.1, 0.15) is 18.1 Å². The van der Waals surface area contributed by atoms with Crippen molar-refractivity contribution in [3.8, 4) is 5.75 Å². The number of nitrogens with zero attached hydrogens (tertiary/aromatic N) is 2. The van der Waals surface area contributed by atoms with Gasteiger partial charge in [-0.1, -0.05) is 24.4 Å². The fourth-order valence-corrected chi connectivity index (χ4v) is 3.17. The molecule has 0 amide bonds. The predicted octanol–water partition coefficient (Wildman–Crippen LogP) is 5.35. The molecule has 158 valence electrons. The van der Waals surface area contributed by atoms with Crippen LogP contribution in [0.4, 0.5) is 13.2 Å². The molecule has 2 heterocycles. The van der Waals surface area contributed by atoms with E-state index in [1.165, 1.54) is 6.07 Å². The average molecular weight is 410 g/mol. The van der Waals surface area contributed by atoms with Gasteiger partial charge in [-0.2, -0.15) is 13.2 Å². The summed E-state index contributed by atoms with van der Waals surface area (Å²) in [6, 6.07) is 5.88. The highest BCUT2D eigenvalue weighted by atomic mass is 19.4. The van der Waals surface area contributed by atoms with Crippen molar-refractivity contribution >= 4 is 5.90 Å². The van der Waals surface area contributed by atoms with Crippen LogP contribution in [-0.2, 0) is 17.3 Å². The molecule has 0 bridgehead atoms. The van der Waals surface area contributed by atoms with Crippen molar-refractivity contribution in [2.45, 2.75) is 51.6 Å². The van der Waals surface area contributed by atoms with Gasteiger partial charge < -0.3 is 14.0 Å². The lowest BCUT2D eigenvalue weighted by molar-refractivity contribution is -0.139. The lowest BCUT2D eigenvalue weighted by Crippen LogP contribution is -2.12. The molecule has 0 saturated heterocycles. The van der Waals surface area contributed by atoms with Gasteiger partial charge >= 0.3 is 6.18 Å². The highest BCUT2D eigenvalue weighted by Gasteiger charge is 2.35. The summed E-state index contributed by atoms with van der Waals surface area (Å²) >= 11 is 0. The summed E-state index contributed by atoms with van der Waals surface area (Å²) in [5.74, 6) is 0.992. The summed E-state index contributed by atoms with van der Waals surface area (Å²) in [7, 11) is 0. The zero-order chi connectivity index (χ0) is 20.7. The summed E-state index contributed by atoms with van der Waals surface area (Å²) < 4.78 is 56.0. The highest BCUT2D eigenvalue weighted by Crippen LogP contribution is 2.37. The van der Waals surface area contributed by atoms with E-state index in [1.54, 1.807) is 6.07 Å². The molecule has 2 aromatic rings. The van der Waals surface area contributed by atoms with Crippen molar-refractivity contribution in [2.24, 2.45) is 4.99 Å². The van der Waals surface area contributed by atoms with Crippen molar-refractivity contribution in [2.75, 3.05) is 19.8 Å². The van der Waals surface area contributed by atoms with Gasteiger partial charge in [-0.05, 0) is 38.0 Å². The van der Waals surface area contributed by atoms with Crippen molar-refractivity contribution < 1.29 is 27.2 Å². The number of hydrogen-bond acceptors (Lipinski definition) is 5. The Morgan fingerprint density at radius 1 is 1.07 bits per heavy atom. The molecule has 1 aliphatic heterocycles. The topological polar surface area (TPSA) is 56.9 Å². The van der Waals surface area contributed by atoms with Gasteiger partial charge in [0.25, 0.3) is 0 Å². The normalized spacial score (nSPS) is 14.0. The van der Waals surface area contributed by atoms with E-state index in [0.29, 0.717) is 25.1 Å². The first-order valence-electron chi connectivity index (χ1n) is 9.87. The Hall–Kier alpha value is -2.51. The molecular formula is C21H25F3N2O3. The molecule has 0 radical (unpaired) electrons. The minimum atomic E-state index is -4.50. The average Bonchev–Trinajstić information content (AvgIpc) is 3.35. The summed E-state index contributed by atoms with van der Waals surface area (Å²) in [5.41, 5.74) is 0.409. The smallest absolute Gasteiger partial charge is 0.419 e. The Morgan fingerprint density at radius 3 is 2.55 bits per heavy atom. The molecule has 1 aromatic heterocycles. The minimum Gasteiger partial charge on any atom is -0.493 e. The number of halogens is 3. The van der Waals surface area contributed by atoms with Gasteiger partial charge in [0.15, 0.2) is 0 Å². The van der Waals surface area contributed by atoms with Gasteiger partial charge in [0.2, 0.25) is 5.90 Å². The predicted molar refractivity (Wildman–Crippen MR) is 102 cm³/mol. The molecule has 0 atom stereocenters. The monoisotopic (exact) mass is 410 g/mol. The van der Waals surface area contributed by atoms with Gasteiger partial charge in [-0.15, -0.1) is 0 Å². The summed E-state index contributed by atoms with van der Waals surface area (Å²) in [6.45, 7) is 3.00. The van der Waals surface area contributed by atoms with Crippen LogP contribution in [0.25, 0.3) is 0 Å². The van der Waals surface area contributed by atoms with Crippen LogP contribution in [-0.4, -0.2) is 30.8 Å². The number of aliphatic imine (C=N–C) groups is 1. The lowest BCUT2D eigenvalue weighted by atomic mass is 10.1. The molecule has 29 heavy (non-hydrogen) atoms. The fourth-order valence-electron chi connectivity index (χ4n) is 3.17. The molecule has 0 unspecified atom stereocenters. The largest absolute Gasteiger partial charge is 0.493 e. The first-order valence-corrected chi connectivity index (χ1v) is 9.87. The molecular weight excluding hydrogens is 385 g/mol. The van der Waals surface area contributed by atoms with Gasteiger partial charge in [0, 0.05) is 18.1 Å². The zero-order valence-corrected chi connectivity index (χ0v) is 16.4. The maximum Gasteiger partial charge on any atom is 0.419 e. The van der Waals surface area contributed by atoms with Crippen LogP contribution in [0, 0.1) is 6.92 Å². The number of rotatable bonds is 10. The third-order valence-corrected chi connectivity index (χ3v) is 4.62. The number of ether oxygens (including phenoxy) is 2. The van der Waals surface area contributed by atoms with Crippen LogP contribution in [0.3, 0.4) is 0 Å². The second-order valence-electron chi connectivity index (χ2n) is 7.04. The highest BCUT2D eigenvalue weighted by molar-refractivity contribution is 5.95. The standard InChI is InChI=1S/C21H25F3N2O3/c1-15-13-17(29-26-15)7-5-3-2-4-6-11-27-19-9-8-16(20-25-10-12-28-20)14-18(19)21(22,23)24/h8-9,13-14H,2-7,10-12H2,1H3. The van der Waals surface area contributed by atoms with Crippen LogP contribution >= 0.6 is 0 Å². The van der Waals surface area contributed by atoms with E-state index in [9.17, 15) is 13.2 Å². The molecule has 8 heteroatoms. The maximum absolute atomic E-state index is 13.4. The van der Waals surface area contributed by atoms with Crippen molar-refractivity contribution in [3.63, 3.8) is 0 Å². The Labute approximate surface area is 167 Å². The Bertz CT molecular complexity index is 831. The number of unbranched alkanes of at least 4 members (excludes halogenated alkanes) is 4. The quantitative estimate of drug-likeness (QED) is 0.496. The first-order chi connectivity index (χ1) is 13.9. The zero-order valence-electron chi connectivity index (χ0n) is 16.4. The van der Waals surface area contributed by atoms with Crippen molar-refractivity contribution in [3.05, 3.63) is 46.8 Å². The van der Waals surface area contributed by atoms with E-state index in [2.05, 4.69) is 10.1 Å². The van der Waals surface area contributed by atoms with E-state index >= 15 is 0 Å². The van der Waals surface area contributed by atoms with Crippen LogP contribution in [0.2, 0.25) is 0 Å². The molecule has 0 aliphatic carbocycles. The van der Waals surface area contributed by atoms with Crippen molar-refractivity contribution in [1.29, 1.82) is 0 Å². The number of hydrogen-bond donors (Lipinski definition) is 0. The van der Waals surface area contributed by atoms with Gasteiger partial charge in [-0.25, -0.2) is 4.99 Å². The van der Waals surface area contributed by atoms with E-state index in [1.807, 2.05) is 13.0 Å². The van der Waals surface area contributed by atoms with Gasteiger partial charge in [0.05, 0.1) is 24.4 Å². The lowest BCUT2D eigenvalue weighted by Gasteiger charge is -2.15. The summed E-state index contributed by atoms with van der Waals surface area (Å²) in [4.78, 5) is 4.07. The van der Waals surface area contributed by atoms with E-state index in [-0.39, 0.29) is 18.3 Å². The molecule has 0 spiro atoms.